The Bertz CT molecular complexity index is 355. The summed E-state index contributed by atoms with van der Waals surface area (Å²) in [4.78, 5) is 16.8. The van der Waals surface area contributed by atoms with Gasteiger partial charge in [-0.25, -0.2) is 10.8 Å². The van der Waals surface area contributed by atoms with Crippen LogP contribution in [0, 0.1) is 0 Å². The summed E-state index contributed by atoms with van der Waals surface area (Å²) >= 11 is 0. The highest BCUT2D eigenvalue weighted by Crippen LogP contribution is 2.08. The molecule has 88 valence electrons. The van der Waals surface area contributed by atoms with E-state index in [0.29, 0.717) is 12.4 Å². The molecular formula is C10H17N5O. The number of primary amides is 1. The molecule has 0 aliphatic carbocycles. The van der Waals surface area contributed by atoms with Gasteiger partial charge in [0, 0.05) is 12.7 Å². The molecule has 6 heteroatoms. The number of hydrogen-bond donors (Lipinski definition) is 3. The summed E-state index contributed by atoms with van der Waals surface area (Å²) < 4.78 is 0. The number of carbonyl (C=O) groups is 1. The van der Waals surface area contributed by atoms with Crippen LogP contribution in [0.15, 0.2) is 18.3 Å². The summed E-state index contributed by atoms with van der Waals surface area (Å²) in [6.45, 7) is 3.64. The van der Waals surface area contributed by atoms with Crippen molar-refractivity contribution in [1.29, 1.82) is 0 Å². The largest absolute Gasteiger partial charge is 0.369 e. The van der Waals surface area contributed by atoms with E-state index in [1.54, 1.807) is 6.20 Å². The number of anilines is 1. The number of likely N-dealkylation sites (N-methyl/N-ethyl adjacent to an activating group) is 1. The standard InChI is InChI=1S/C10H17N5O/c1-2-15(7-9(11)16)6-8-3-4-13-10(5-8)14-12/h3-5H,2,6-7,12H2,1H3,(H2,11,16)(H,13,14). The van der Waals surface area contributed by atoms with Crippen LogP contribution in [-0.2, 0) is 11.3 Å². The van der Waals surface area contributed by atoms with E-state index in [9.17, 15) is 4.79 Å². The van der Waals surface area contributed by atoms with Crippen molar-refractivity contribution in [1.82, 2.24) is 9.88 Å². The van der Waals surface area contributed by atoms with Crippen LogP contribution >= 0.6 is 0 Å². The van der Waals surface area contributed by atoms with E-state index in [2.05, 4.69) is 10.4 Å². The van der Waals surface area contributed by atoms with E-state index in [-0.39, 0.29) is 12.5 Å². The van der Waals surface area contributed by atoms with E-state index in [1.165, 1.54) is 0 Å². The van der Waals surface area contributed by atoms with Gasteiger partial charge in [-0.3, -0.25) is 9.69 Å². The highest BCUT2D eigenvalue weighted by atomic mass is 16.1. The first-order valence-corrected chi connectivity index (χ1v) is 5.08. The van der Waals surface area contributed by atoms with Gasteiger partial charge in [0.2, 0.25) is 5.91 Å². The summed E-state index contributed by atoms with van der Waals surface area (Å²) in [6.07, 6.45) is 1.67. The lowest BCUT2D eigenvalue weighted by atomic mass is 10.2. The van der Waals surface area contributed by atoms with Crippen molar-refractivity contribution in [3.63, 3.8) is 0 Å². The van der Waals surface area contributed by atoms with Crippen molar-refractivity contribution >= 4 is 11.7 Å². The second-order valence-corrected chi connectivity index (χ2v) is 3.46. The van der Waals surface area contributed by atoms with Crippen LogP contribution in [0.25, 0.3) is 0 Å². The fraction of sp³-hybridized carbons (Fsp3) is 0.400. The van der Waals surface area contributed by atoms with Crippen LogP contribution in [0.2, 0.25) is 0 Å². The Morgan fingerprint density at radius 2 is 2.38 bits per heavy atom. The van der Waals surface area contributed by atoms with Crippen LogP contribution in [0.4, 0.5) is 5.82 Å². The van der Waals surface area contributed by atoms with Crippen molar-refractivity contribution < 1.29 is 4.79 Å². The monoisotopic (exact) mass is 223 g/mol. The number of rotatable bonds is 6. The van der Waals surface area contributed by atoms with Crippen molar-refractivity contribution in [3.05, 3.63) is 23.9 Å². The first-order valence-electron chi connectivity index (χ1n) is 5.08. The molecule has 16 heavy (non-hydrogen) atoms. The van der Waals surface area contributed by atoms with Gasteiger partial charge in [0.1, 0.15) is 5.82 Å². The minimum absolute atomic E-state index is 0.254. The number of carbonyl (C=O) groups excluding carboxylic acids is 1. The minimum atomic E-state index is -0.326. The predicted octanol–water partition coefficient (Wildman–Crippen LogP) is -0.326. The van der Waals surface area contributed by atoms with Gasteiger partial charge in [-0.15, -0.1) is 0 Å². The number of pyridine rings is 1. The second kappa shape index (κ2) is 6.04. The number of hydrazine groups is 1. The van der Waals surface area contributed by atoms with Crippen molar-refractivity contribution in [2.24, 2.45) is 11.6 Å². The first-order chi connectivity index (χ1) is 7.65. The van der Waals surface area contributed by atoms with Gasteiger partial charge >= 0.3 is 0 Å². The summed E-state index contributed by atoms with van der Waals surface area (Å²) in [5.74, 6) is 5.54. The predicted molar refractivity (Wildman–Crippen MR) is 62.2 cm³/mol. The molecule has 0 unspecified atom stereocenters. The smallest absolute Gasteiger partial charge is 0.231 e. The van der Waals surface area contributed by atoms with E-state index < -0.39 is 0 Å². The fourth-order valence-electron chi connectivity index (χ4n) is 1.41. The van der Waals surface area contributed by atoms with E-state index in [0.717, 1.165) is 12.1 Å². The quantitative estimate of drug-likeness (QED) is 0.453. The highest BCUT2D eigenvalue weighted by molar-refractivity contribution is 5.75. The Morgan fingerprint density at radius 1 is 1.62 bits per heavy atom. The van der Waals surface area contributed by atoms with Gasteiger partial charge in [-0.1, -0.05) is 6.92 Å². The molecule has 5 N–H and O–H groups in total. The lowest BCUT2D eigenvalue weighted by molar-refractivity contribution is -0.119. The lowest BCUT2D eigenvalue weighted by Gasteiger charge is -2.18. The molecule has 0 bridgehead atoms. The van der Waals surface area contributed by atoms with Gasteiger partial charge in [0.05, 0.1) is 6.54 Å². The van der Waals surface area contributed by atoms with Crippen LogP contribution in [0.5, 0.6) is 0 Å². The maximum Gasteiger partial charge on any atom is 0.231 e. The number of hydrogen-bond acceptors (Lipinski definition) is 5. The minimum Gasteiger partial charge on any atom is -0.369 e. The number of nitrogen functional groups attached to an aromatic ring is 1. The fourth-order valence-corrected chi connectivity index (χ4v) is 1.41. The maximum absolute atomic E-state index is 10.8. The van der Waals surface area contributed by atoms with E-state index in [4.69, 9.17) is 11.6 Å². The number of nitrogens with two attached hydrogens (primary N) is 2. The Balaban J connectivity index is 2.65. The molecule has 1 heterocycles. The van der Waals surface area contributed by atoms with Crippen LogP contribution in [0.3, 0.4) is 0 Å². The Labute approximate surface area is 94.6 Å². The zero-order valence-electron chi connectivity index (χ0n) is 9.31. The van der Waals surface area contributed by atoms with Gasteiger partial charge in [0.25, 0.3) is 0 Å². The molecule has 0 atom stereocenters. The third kappa shape index (κ3) is 3.84. The SMILES string of the molecule is CCN(CC(N)=O)Cc1ccnc(NN)c1. The van der Waals surface area contributed by atoms with Crippen LogP contribution in [0.1, 0.15) is 12.5 Å². The Hall–Kier alpha value is -1.66. The third-order valence-electron chi connectivity index (χ3n) is 2.21. The summed E-state index contributed by atoms with van der Waals surface area (Å²) in [7, 11) is 0. The normalized spacial score (nSPS) is 10.4. The molecule has 1 aromatic rings. The van der Waals surface area contributed by atoms with Gasteiger partial charge < -0.3 is 11.2 Å². The van der Waals surface area contributed by atoms with E-state index in [1.807, 2.05) is 24.0 Å². The Kier molecular flexibility index (Phi) is 4.68. The molecule has 0 fully saturated rings. The van der Waals surface area contributed by atoms with Gasteiger partial charge in [-0.05, 0) is 24.2 Å². The molecule has 6 nitrogen and oxygen atoms in total. The van der Waals surface area contributed by atoms with Crippen molar-refractivity contribution in [2.45, 2.75) is 13.5 Å². The lowest BCUT2D eigenvalue weighted by Crippen LogP contribution is -2.33. The van der Waals surface area contributed by atoms with Gasteiger partial charge in [0.15, 0.2) is 0 Å². The van der Waals surface area contributed by atoms with Crippen LogP contribution in [-0.4, -0.2) is 28.9 Å². The summed E-state index contributed by atoms with van der Waals surface area (Å²) in [5, 5.41) is 0. The topological polar surface area (TPSA) is 97.3 Å². The van der Waals surface area contributed by atoms with Crippen molar-refractivity contribution in [3.8, 4) is 0 Å². The van der Waals surface area contributed by atoms with Crippen LogP contribution < -0.4 is 17.0 Å². The molecule has 0 aliphatic rings. The summed E-state index contributed by atoms with van der Waals surface area (Å²) in [5.41, 5.74) is 8.66. The molecular weight excluding hydrogens is 206 g/mol. The third-order valence-corrected chi connectivity index (χ3v) is 2.21. The zero-order valence-corrected chi connectivity index (χ0v) is 9.31. The molecule has 1 aromatic heterocycles. The molecule has 0 saturated carbocycles. The maximum atomic E-state index is 10.8. The van der Waals surface area contributed by atoms with Gasteiger partial charge in [-0.2, -0.15) is 0 Å². The number of nitrogens with zero attached hydrogens (tertiary/aromatic N) is 2. The molecule has 0 aromatic carbocycles. The molecule has 1 amide bonds. The second-order valence-electron chi connectivity index (χ2n) is 3.46. The highest BCUT2D eigenvalue weighted by Gasteiger charge is 2.07. The van der Waals surface area contributed by atoms with E-state index >= 15 is 0 Å². The van der Waals surface area contributed by atoms with Crippen molar-refractivity contribution in [2.75, 3.05) is 18.5 Å². The molecule has 1 rings (SSSR count). The Morgan fingerprint density at radius 3 is 2.94 bits per heavy atom. The number of aromatic nitrogens is 1. The number of amides is 1. The zero-order chi connectivity index (χ0) is 12.0. The molecule has 0 radical (unpaired) electrons. The average Bonchev–Trinajstić information content (AvgIpc) is 2.28. The molecule has 0 saturated heterocycles. The number of nitrogens with one attached hydrogen (secondary N) is 1. The first kappa shape index (κ1) is 12.4. The molecule has 0 spiro atoms. The summed E-state index contributed by atoms with van der Waals surface area (Å²) in [6, 6.07) is 3.72. The molecule has 0 aliphatic heterocycles. The average molecular weight is 223 g/mol.